The van der Waals surface area contributed by atoms with Gasteiger partial charge in [0.15, 0.2) is 0 Å². The number of carboxylic acid groups (broad SMARTS) is 8. The quantitative estimate of drug-likeness (QED) is 0.0241. The topological polar surface area (TPSA) is 428 Å². The van der Waals surface area contributed by atoms with Crippen molar-refractivity contribution >= 4 is 106 Å². The summed E-state index contributed by atoms with van der Waals surface area (Å²) < 4.78 is 0. The van der Waals surface area contributed by atoms with Gasteiger partial charge in [0, 0.05) is 0 Å². The first-order chi connectivity index (χ1) is 41.9. The smallest absolute Gasteiger partial charge is 0.414 e. The Morgan fingerprint density at radius 2 is 0.591 bits per heavy atom. The Balaban J connectivity index is 0.000000925. The van der Waals surface area contributed by atoms with Crippen molar-refractivity contribution in [1.29, 1.82) is 0 Å². The van der Waals surface area contributed by atoms with Crippen LogP contribution < -0.4 is 31.1 Å². The van der Waals surface area contributed by atoms with E-state index in [0.717, 1.165) is 65.0 Å². The molecule has 88 heavy (non-hydrogen) atoms. The summed E-state index contributed by atoms with van der Waals surface area (Å²) in [5.74, 6) is -15.2. The van der Waals surface area contributed by atoms with Crippen LogP contribution in [0.25, 0.3) is 0 Å². The molecule has 28 nitrogen and oxygen atoms in total. The van der Waals surface area contributed by atoms with Crippen LogP contribution in [0.1, 0.15) is 111 Å². The van der Waals surface area contributed by atoms with Gasteiger partial charge in [-0.2, -0.15) is 0 Å². The van der Waals surface area contributed by atoms with Gasteiger partial charge < -0.3 is 71.9 Å². The van der Waals surface area contributed by atoms with Crippen molar-refractivity contribution in [2.75, 3.05) is 86.9 Å². The van der Waals surface area contributed by atoms with Gasteiger partial charge in [-0.3, -0.25) is 29.0 Å². The van der Waals surface area contributed by atoms with Gasteiger partial charge in [0.05, 0.1) is 58.3 Å². The van der Waals surface area contributed by atoms with E-state index in [4.69, 9.17) is 79.2 Å². The molecule has 6 rings (SSSR count). The Labute approximate surface area is 507 Å². The molecule has 0 saturated heterocycles. The monoisotopic (exact) mass is 1230 g/mol. The third kappa shape index (κ3) is 28.5. The lowest BCUT2D eigenvalue weighted by atomic mass is 10.1. The SMILES string of the molecule is CN(CCCCCCCCN(C)CCCCCCNCC(=O)N1c2ccccc2NC(=O)c2ccccc21)CCCCCCNCC(=O)N1c2ccccc2NC(=O)c2ccccc21.O=C(O)C(=O)O.O=C(O)C(=O)O.O=C(O)C(=O)O.O=C(O)C(=O)O. The average Bonchev–Trinajstić information content (AvgIpc) is 1.77. The Morgan fingerprint density at radius 1 is 0.352 bits per heavy atom. The molecule has 0 bridgehead atoms. The molecule has 478 valence electrons. The molecule has 0 radical (unpaired) electrons. The maximum atomic E-state index is 13.5. The van der Waals surface area contributed by atoms with Crippen molar-refractivity contribution in [3.05, 3.63) is 108 Å². The molecule has 0 unspecified atom stereocenters. The number of amides is 4. The molecule has 0 aliphatic carbocycles. The molecule has 0 aromatic heterocycles. The summed E-state index contributed by atoms with van der Waals surface area (Å²) in [5, 5.41) is 71.7. The molecular weight excluding hydrogens is 1150 g/mol. The Kier molecular flexibility index (Phi) is 35.0. The lowest BCUT2D eigenvalue weighted by Gasteiger charge is -2.24. The van der Waals surface area contributed by atoms with Crippen LogP contribution in [0.4, 0.5) is 34.1 Å². The number of hydrogen-bond donors (Lipinski definition) is 12. The summed E-state index contributed by atoms with van der Waals surface area (Å²) in [6.45, 7) is 6.58. The zero-order valence-electron chi connectivity index (χ0n) is 49.1. The fourth-order valence-corrected chi connectivity index (χ4v) is 8.66. The summed E-state index contributed by atoms with van der Waals surface area (Å²) in [6.07, 6.45) is 16.8. The molecular formula is C60H78N8O20. The summed E-state index contributed by atoms with van der Waals surface area (Å²) in [5.41, 5.74) is 4.85. The van der Waals surface area contributed by atoms with Gasteiger partial charge in [-0.25, -0.2) is 38.4 Å². The first-order valence-electron chi connectivity index (χ1n) is 28.2. The number of rotatable bonds is 27. The molecule has 0 spiro atoms. The van der Waals surface area contributed by atoms with Gasteiger partial charge in [0.2, 0.25) is 11.8 Å². The number of unbranched alkanes of at least 4 members (excludes halogenated alkanes) is 11. The van der Waals surface area contributed by atoms with Gasteiger partial charge >= 0.3 is 47.8 Å². The molecule has 0 saturated carbocycles. The second-order valence-electron chi connectivity index (χ2n) is 19.8. The van der Waals surface area contributed by atoms with Gasteiger partial charge in [0.25, 0.3) is 11.8 Å². The highest BCUT2D eigenvalue weighted by atomic mass is 16.5. The zero-order valence-corrected chi connectivity index (χ0v) is 49.1. The highest BCUT2D eigenvalue weighted by Crippen LogP contribution is 2.39. The highest BCUT2D eigenvalue weighted by Gasteiger charge is 2.30. The first kappa shape index (κ1) is 74.5. The van der Waals surface area contributed by atoms with Crippen molar-refractivity contribution in [2.24, 2.45) is 0 Å². The minimum Gasteiger partial charge on any atom is -0.473 e. The van der Waals surface area contributed by atoms with Gasteiger partial charge in [-0.15, -0.1) is 0 Å². The van der Waals surface area contributed by atoms with E-state index < -0.39 is 47.8 Å². The van der Waals surface area contributed by atoms with Crippen molar-refractivity contribution in [1.82, 2.24) is 20.4 Å². The zero-order chi connectivity index (χ0) is 65.6. The Bertz CT molecular complexity index is 2700. The van der Waals surface area contributed by atoms with Crippen LogP contribution >= 0.6 is 0 Å². The molecule has 0 fully saturated rings. The summed E-state index contributed by atoms with van der Waals surface area (Å²) in [6, 6.07) is 29.4. The lowest BCUT2D eigenvalue weighted by Crippen LogP contribution is -2.35. The van der Waals surface area contributed by atoms with Crippen LogP contribution in [-0.2, 0) is 47.9 Å². The lowest BCUT2D eigenvalue weighted by molar-refractivity contribution is -0.159. The summed E-state index contributed by atoms with van der Waals surface area (Å²) >= 11 is 0. The number of aliphatic carboxylic acids is 8. The average molecular weight is 1230 g/mol. The second-order valence-corrected chi connectivity index (χ2v) is 19.8. The van der Waals surface area contributed by atoms with Gasteiger partial charge in [0.1, 0.15) is 0 Å². The molecule has 4 aromatic rings. The van der Waals surface area contributed by atoms with E-state index in [0.29, 0.717) is 45.3 Å². The largest absolute Gasteiger partial charge is 0.473 e. The minimum absolute atomic E-state index is 0.0812. The van der Waals surface area contributed by atoms with Gasteiger partial charge in [-0.1, -0.05) is 99.9 Å². The fourth-order valence-electron chi connectivity index (χ4n) is 8.66. The maximum absolute atomic E-state index is 13.5. The normalized spacial score (nSPS) is 11.5. The number of carbonyl (C=O) groups is 12. The molecule has 28 heteroatoms. The van der Waals surface area contributed by atoms with Crippen LogP contribution in [0, 0.1) is 0 Å². The number of carbonyl (C=O) groups excluding carboxylic acids is 4. The van der Waals surface area contributed by atoms with E-state index in [-0.39, 0.29) is 36.7 Å². The molecule has 4 amide bonds. The molecule has 2 aliphatic heterocycles. The Hall–Kier alpha value is -9.64. The number of fused-ring (bicyclic) bond motifs is 4. The molecule has 4 aromatic carbocycles. The first-order valence-corrected chi connectivity index (χ1v) is 28.2. The van der Waals surface area contributed by atoms with E-state index in [1.54, 1.807) is 21.9 Å². The van der Waals surface area contributed by atoms with E-state index in [2.05, 4.69) is 45.2 Å². The van der Waals surface area contributed by atoms with Crippen molar-refractivity contribution in [2.45, 2.75) is 89.9 Å². The van der Waals surface area contributed by atoms with Crippen LogP contribution in [0.3, 0.4) is 0 Å². The van der Waals surface area contributed by atoms with Crippen molar-refractivity contribution in [3.63, 3.8) is 0 Å². The summed E-state index contributed by atoms with van der Waals surface area (Å²) in [7, 11) is 4.48. The van der Waals surface area contributed by atoms with Gasteiger partial charge in [-0.05, 0) is 140 Å². The molecule has 2 heterocycles. The van der Waals surface area contributed by atoms with Crippen molar-refractivity contribution in [3.8, 4) is 0 Å². The molecule has 2 aliphatic rings. The number of benzene rings is 4. The number of anilines is 6. The number of nitrogens with one attached hydrogen (secondary N) is 4. The predicted octanol–water partition coefficient (Wildman–Crippen LogP) is 5.97. The summed E-state index contributed by atoms with van der Waals surface area (Å²) in [4.78, 5) is 134. The molecule has 0 atom stereocenters. The van der Waals surface area contributed by atoms with E-state index in [1.165, 1.54) is 64.2 Å². The van der Waals surface area contributed by atoms with Crippen LogP contribution in [0.5, 0.6) is 0 Å². The second kappa shape index (κ2) is 41.4. The predicted molar refractivity (Wildman–Crippen MR) is 322 cm³/mol. The van der Waals surface area contributed by atoms with E-state index in [1.807, 2.05) is 84.9 Å². The van der Waals surface area contributed by atoms with Crippen molar-refractivity contribution < 1.29 is 98.4 Å². The third-order valence-corrected chi connectivity index (χ3v) is 13.0. The number of hydrogen-bond acceptors (Lipinski definition) is 16. The number of para-hydroxylation sites is 6. The third-order valence-electron chi connectivity index (χ3n) is 13.0. The minimum atomic E-state index is -1.82. The van der Waals surface area contributed by atoms with E-state index in [9.17, 15) is 19.2 Å². The number of nitrogens with zero attached hydrogens (tertiary/aromatic N) is 4. The van der Waals surface area contributed by atoms with E-state index >= 15 is 0 Å². The maximum Gasteiger partial charge on any atom is 0.414 e. The number of carboxylic acids is 8. The Morgan fingerprint density at radius 3 is 0.875 bits per heavy atom. The van der Waals surface area contributed by atoms with Crippen LogP contribution in [0.2, 0.25) is 0 Å². The fraction of sp³-hybridized carbons (Fsp3) is 0.400. The van der Waals surface area contributed by atoms with Crippen LogP contribution in [-0.4, -0.2) is 188 Å². The standard InChI is InChI=1S/C52H70N8O4.4C2H2O4/c1-57(37-23-9-5-19-33-53-39-49(61)59-45-29-15-11-25-41(45)51(63)55-43-27-13-17-31-47(43)59)35-21-7-3-4-8-22-36-58(2)38-24-10-6-20-34-54-40-50(62)60-46-30-16-12-26-42(46)52(64)56-44-28-14-18-32-48(44)60;4*3-1(4)2(5)6/h11-18,25-32,53-54H,3-10,19-24,33-40H2,1-2H3,(H,55,63)(H,56,64);4*(H,3,4)(H,5,6). The van der Waals surface area contributed by atoms with Crippen LogP contribution in [0.15, 0.2) is 97.1 Å². The highest BCUT2D eigenvalue weighted by molar-refractivity contribution is 6.28. The molecule has 12 N–H and O–H groups in total.